The van der Waals surface area contributed by atoms with Crippen molar-refractivity contribution in [3.63, 3.8) is 0 Å². The predicted molar refractivity (Wildman–Crippen MR) is 173 cm³/mol. The summed E-state index contributed by atoms with van der Waals surface area (Å²) >= 11 is 0. The van der Waals surface area contributed by atoms with Gasteiger partial charge < -0.3 is 15.0 Å². The molecule has 1 atom stereocenters. The van der Waals surface area contributed by atoms with E-state index < -0.39 is 28.5 Å². The number of carbonyl (C=O) groups is 2. The van der Waals surface area contributed by atoms with Crippen LogP contribution in [0.3, 0.4) is 0 Å². The summed E-state index contributed by atoms with van der Waals surface area (Å²) in [5.74, 6) is -0.395. The minimum atomic E-state index is -4.18. The maximum atomic E-state index is 14.5. The van der Waals surface area contributed by atoms with Gasteiger partial charge in [0.1, 0.15) is 18.3 Å². The van der Waals surface area contributed by atoms with Gasteiger partial charge in [0.25, 0.3) is 10.0 Å². The molecule has 0 radical (unpaired) electrons. The number of carbonyl (C=O) groups excluding carboxylic acids is 2. The average Bonchev–Trinajstić information content (AvgIpc) is 3.02. The summed E-state index contributed by atoms with van der Waals surface area (Å²) in [5, 5.41) is 2.97. The fourth-order valence-corrected chi connectivity index (χ4v) is 6.27. The van der Waals surface area contributed by atoms with E-state index >= 15 is 0 Å². The van der Waals surface area contributed by atoms with Crippen molar-refractivity contribution < 1.29 is 22.7 Å². The van der Waals surface area contributed by atoms with Crippen LogP contribution in [0.1, 0.15) is 30.5 Å². The maximum absolute atomic E-state index is 14.5. The van der Waals surface area contributed by atoms with E-state index in [0.717, 1.165) is 21.0 Å². The number of ether oxygens (including phenoxy) is 1. The van der Waals surface area contributed by atoms with Gasteiger partial charge >= 0.3 is 0 Å². The Hall–Kier alpha value is -4.63. The molecule has 1 N–H and O–H groups in total. The highest BCUT2D eigenvalue weighted by molar-refractivity contribution is 7.92. The van der Waals surface area contributed by atoms with E-state index in [4.69, 9.17) is 4.74 Å². The van der Waals surface area contributed by atoms with Crippen molar-refractivity contribution in [2.75, 3.05) is 18.0 Å². The summed E-state index contributed by atoms with van der Waals surface area (Å²) in [5.41, 5.74) is 3.02. The van der Waals surface area contributed by atoms with Crippen molar-refractivity contribution in [1.82, 2.24) is 10.2 Å². The Morgan fingerprint density at radius 3 is 2.07 bits per heavy atom. The molecule has 0 aliphatic carbocycles. The molecular formula is C35H39N3O5S. The smallest absolute Gasteiger partial charge is 0.264 e. The molecule has 230 valence electrons. The average molecular weight is 614 g/mol. The third-order valence-electron chi connectivity index (χ3n) is 7.13. The molecule has 44 heavy (non-hydrogen) atoms. The topological polar surface area (TPSA) is 96.0 Å². The Bertz CT molecular complexity index is 1640. The number of nitrogens with zero attached hydrogens (tertiary/aromatic N) is 2. The van der Waals surface area contributed by atoms with Gasteiger partial charge in [-0.1, -0.05) is 84.4 Å². The molecule has 0 heterocycles. The van der Waals surface area contributed by atoms with Crippen LogP contribution in [-0.4, -0.2) is 50.9 Å². The molecule has 8 nitrogen and oxygen atoms in total. The standard InChI is InChI=1S/C35H39N3O5S/c1-26(2)36-35(40)33(22-28-12-7-5-8-13-28)37(24-29-20-18-27(3)19-21-29)34(39)25-38(30-14-11-15-31(23-30)43-4)44(41,42)32-16-9-6-10-17-32/h5-21,23,26,33H,22,24-25H2,1-4H3,(H,36,40)/t33-/m0/s1. The first-order valence-corrected chi connectivity index (χ1v) is 15.9. The summed E-state index contributed by atoms with van der Waals surface area (Å²) in [6, 6.07) is 30.7. The second-order valence-electron chi connectivity index (χ2n) is 10.9. The second-order valence-corrected chi connectivity index (χ2v) is 12.8. The molecule has 0 aliphatic rings. The van der Waals surface area contributed by atoms with Gasteiger partial charge in [0.05, 0.1) is 17.7 Å². The van der Waals surface area contributed by atoms with Crippen LogP contribution >= 0.6 is 0 Å². The van der Waals surface area contributed by atoms with Gasteiger partial charge in [-0.05, 0) is 56.2 Å². The number of anilines is 1. The minimum absolute atomic E-state index is 0.0408. The SMILES string of the molecule is COc1cccc(N(CC(=O)N(Cc2ccc(C)cc2)[C@@H](Cc2ccccc2)C(=O)NC(C)C)S(=O)(=O)c2ccccc2)c1. The van der Waals surface area contributed by atoms with Crippen LogP contribution < -0.4 is 14.4 Å². The lowest BCUT2D eigenvalue weighted by Gasteiger charge is -2.34. The van der Waals surface area contributed by atoms with E-state index in [2.05, 4.69) is 5.32 Å². The predicted octanol–water partition coefficient (Wildman–Crippen LogP) is 5.36. The molecule has 0 saturated heterocycles. The van der Waals surface area contributed by atoms with Crippen LogP contribution in [-0.2, 0) is 32.6 Å². The Kier molecular flexibility index (Phi) is 10.8. The highest BCUT2D eigenvalue weighted by atomic mass is 32.2. The molecule has 0 saturated carbocycles. The third-order valence-corrected chi connectivity index (χ3v) is 8.92. The number of benzene rings is 4. The molecule has 4 aromatic rings. The summed E-state index contributed by atoms with van der Waals surface area (Å²) in [6.07, 6.45) is 0.252. The molecule has 0 fully saturated rings. The van der Waals surface area contributed by atoms with E-state index in [1.54, 1.807) is 42.5 Å². The van der Waals surface area contributed by atoms with Gasteiger partial charge in [0.2, 0.25) is 11.8 Å². The summed E-state index contributed by atoms with van der Waals surface area (Å²) in [7, 11) is -2.69. The Balaban J connectivity index is 1.81. The number of rotatable bonds is 13. The van der Waals surface area contributed by atoms with Gasteiger partial charge in [0, 0.05) is 25.1 Å². The van der Waals surface area contributed by atoms with Crippen LogP contribution in [0.5, 0.6) is 5.75 Å². The van der Waals surface area contributed by atoms with Gasteiger partial charge in [-0.2, -0.15) is 0 Å². The van der Waals surface area contributed by atoms with Gasteiger partial charge in [-0.25, -0.2) is 8.42 Å². The summed E-state index contributed by atoms with van der Waals surface area (Å²) in [4.78, 5) is 29.7. The van der Waals surface area contributed by atoms with E-state index in [9.17, 15) is 18.0 Å². The number of hydrogen-bond acceptors (Lipinski definition) is 5. The maximum Gasteiger partial charge on any atom is 0.264 e. The van der Waals surface area contributed by atoms with Crippen molar-refractivity contribution in [2.24, 2.45) is 0 Å². The van der Waals surface area contributed by atoms with Crippen LogP contribution in [0, 0.1) is 6.92 Å². The van der Waals surface area contributed by atoms with E-state index in [0.29, 0.717) is 5.75 Å². The second kappa shape index (κ2) is 14.7. The van der Waals surface area contributed by atoms with Crippen molar-refractivity contribution in [1.29, 1.82) is 0 Å². The number of nitrogens with one attached hydrogen (secondary N) is 1. The molecule has 9 heteroatoms. The number of sulfonamides is 1. The fraction of sp³-hybridized carbons (Fsp3) is 0.257. The van der Waals surface area contributed by atoms with E-state index in [-0.39, 0.29) is 35.5 Å². The minimum Gasteiger partial charge on any atom is -0.497 e. The van der Waals surface area contributed by atoms with E-state index in [1.165, 1.54) is 24.1 Å². The van der Waals surface area contributed by atoms with Gasteiger partial charge in [0.15, 0.2) is 0 Å². The molecule has 0 aliphatic heterocycles. The highest BCUT2D eigenvalue weighted by Crippen LogP contribution is 2.28. The molecule has 0 unspecified atom stereocenters. The Morgan fingerprint density at radius 2 is 1.45 bits per heavy atom. The molecule has 0 spiro atoms. The van der Waals surface area contributed by atoms with Gasteiger partial charge in [-0.15, -0.1) is 0 Å². The number of hydrogen-bond donors (Lipinski definition) is 1. The lowest BCUT2D eigenvalue weighted by molar-refractivity contribution is -0.140. The third kappa shape index (κ3) is 8.26. The molecule has 0 aromatic heterocycles. The molecule has 0 bridgehead atoms. The molecular weight excluding hydrogens is 574 g/mol. The molecule has 4 aromatic carbocycles. The van der Waals surface area contributed by atoms with Crippen LogP contribution in [0.25, 0.3) is 0 Å². The largest absolute Gasteiger partial charge is 0.497 e. The Labute approximate surface area is 260 Å². The van der Waals surface area contributed by atoms with Crippen LogP contribution in [0.2, 0.25) is 0 Å². The van der Waals surface area contributed by atoms with Gasteiger partial charge in [-0.3, -0.25) is 13.9 Å². The van der Waals surface area contributed by atoms with Crippen LogP contribution in [0.15, 0.2) is 114 Å². The van der Waals surface area contributed by atoms with Crippen molar-refractivity contribution in [3.05, 3.63) is 126 Å². The Morgan fingerprint density at radius 1 is 0.818 bits per heavy atom. The number of amides is 2. The zero-order valence-electron chi connectivity index (χ0n) is 25.5. The quantitative estimate of drug-likeness (QED) is 0.219. The van der Waals surface area contributed by atoms with E-state index in [1.807, 2.05) is 75.4 Å². The lowest BCUT2D eigenvalue weighted by Crippen LogP contribution is -2.54. The summed E-state index contributed by atoms with van der Waals surface area (Å²) < 4.78 is 34.6. The first kappa shape index (κ1) is 32.3. The normalized spacial score (nSPS) is 11.9. The number of methoxy groups -OCH3 is 1. The lowest BCUT2D eigenvalue weighted by atomic mass is 10.0. The van der Waals surface area contributed by atoms with Crippen molar-refractivity contribution in [2.45, 2.75) is 50.7 Å². The fourth-order valence-electron chi connectivity index (χ4n) is 4.84. The van der Waals surface area contributed by atoms with Crippen LogP contribution in [0.4, 0.5) is 5.69 Å². The van der Waals surface area contributed by atoms with Crippen molar-refractivity contribution in [3.8, 4) is 5.75 Å². The first-order valence-electron chi connectivity index (χ1n) is 14.5. The highest BCUT2D eigenvalue weighted by Gasteiger charge is 2.35. The number of aryl methyl sites for hydroxylation is 1. The van der Waals surface area contributed by atoms with Crippen molar-refractivity contribution >= 4 is 27.5 Å². The first-order chi connectivity index (χ1) is 21.1. The molecule has 2 amide bonds. The zero-order chi connectivity index (χ0) is 31.7. The molecule has 4 rings (SSSR count). The monoisotopic (exact) mass is 613 g/mol. The summed E-state index contributed by atoms with van der Waals surface area (Å²) in [6.45, 7) is 5.28. The zero-order valence-corrected chi connectivity index (χ0v) is 26.3.